The molecule has 7 heteroatoms. The van der Waals surface area contributed by atoms with Crippen LogP contribution in [0, 0.1) is 0 Å². The molecule has 0 radical (unpaired) electrons. The molecule has 1 saturated heterocycles. The van der Waals surface area contributed by atoms with Crippen molar-refractivity contribution in [1.82, 2.24) is 10.2 Å². The fraction of sp³-hybridized carbons (Fsp3) is 0.533. The Bertz CT molecular complexity index is 493. The maximum Gasteiger partial charge on any atom is 0.252 e. The number of nitrogens with zero attached hydrogens (tertiary/aromatic N) is 1. The molecule has 1 aromatic rings. The number of likely N-dealkylation sites (tertiary alicyclic amines) is 1. The lowest BCUT2D eigenvalue weighted by atomic mass is 10.2. The van der Waals surface area contributed by atoms with E-state index in [0.717, 1.165) is 38.8 Å². The summed E-state index contributed by atoms with van der Waals surface area (Å²) in [7, 11) is 0. The highest BCUT2D eigenvalue weighted by atomic mass is 35.6. The van der Waals surface area contributed by atoms with Crippen molar-refractivity contribution in [3.63, 3.8) is 0 Å². The lowest BCUT2D eigenvalue weighted by Crippen LogP contribution is -2.55. The first-order chi connectivity index (χ1) is 10.4. The molecule has 0 unspecified atom stereocenters. The van der Waals surface area contributed by atoms with Crippen molar-refractivity contribution >= 4 is 52.3 Å². The van der Waals surface area contributed by atoms with Crippen molar-refractivity contribution < 1.29 is 4.79 Å². The number of rotatable bonds is 3. The van der Waals surface area contributed by atoms with Gasteiger partial charge in [-0.05, 0) is 37.1 Å². The number of carbonyl (C=O) groups excluding carboxylic acids is 1. The van der Waals surface area contributed by atoms with Crippen LogP contribution in [0.1, 0.15) is 36.0 Å². The van der Waals surface area contributed by atoms with Gasteiger partial charge < -0.3 is 5.32 Å². The molecule has 1 aliphatic rings. The van der Waals surface area contributed by atoms with Crippen LogP contribution in [0.3, 0.4) is 0 Å². The zero-order valence-electron chi connectivity index (χ0n) is 12.0. The topological polar surface area (TPSA) is 32.3 Å². The molecule has 1 heterocycles. The van der Waals surface area contributed by atoms with Gasteiger partial charge in [0.15, 0.2) is 0 Å². The lowest BCUT2D eigenvalue weighted by Gasteiger charge is -2.35. The second kappa shape index (κ2) is 8.07. The fourth-order valence-corrected chi connectivity index (χ4v) is 3.25. The van der Waals surface area contributed by atoms with Crippen LogP contribution in [-0.4, -0.2) is 33.9 Å². The van der Waals surface area contributed by atoms with Crippen molar-refractivity contribution in [2.24, 2.45) is 0 Å². The highest BCUT2D eigenvalue weighted by molar-refractivity contribution is 6.68. The van der Waals surface area contributed by atoms with Crippen LogP contribution in [0.5, 0.6) is 0 Å². The molecule has 2 rings (SSSR count). The number of carbonyl (C=O) groups is 1. The molecule has 0 aliphatic carbocycles. The van der Waals surface area contributed by atoms with Crippen molar-refractivity contribution in [3.05, 3.63) is 34.9 Å². The first kappa shape index (κ1) is 18.2. The molecule has 0 bridgehead atoms. The maximum absolute atomic E-state index is 12.4. The molecule has 0 spiro atoms. The highest BCUT2D eigenvalue weighted by Gasteiger charge is 2.38. The molecular formula is C15H18Cl4N2O. The van der Waals surface area contributed by atoms with Crippen molar-refractivity contribution in [2.45, 2.75) is 35.6 Å². The molecule has 1 N–H and O–H groups in total. The van der Waals surface area contributed by atoms with E-state index in [9.17, 15) is 4.79 Å². The van der Waals surface area contributed by atoms with Gasteiger partial charge in [-0.1, -0.05) is 59.2 Å². The van der Waals surface area contributed by atoms with Gasteiger partial charge in [0.05, 0.1) is 0 Å². The van der Waals surface area contributed by atoms with E-state index in [0.29, 0.717) is 10.6 Å². The summed E-state index contributed by atoms with van der Waals surface area (Å²) in [5.41, 5.74) is 0.485. The Balaban J connectivity index is 2.12. The average Bonchev–Trinajstić information content (AvgIpc) is 2.73. The van der Waals surface area contributed by atoms with E-state index < -0.39 is 9.96 Å². The van der Waals surface area contributed by atoms with Crippen LogP contribution in [0.4, 0.5) is 0 Å². The molecule has 1 aromatic carbocycles. The molecular weight excluding hydrogens is 366 g/mol. The van der Waals surface area contributed by atoms with Gasteiger partial charge >= 0.3 is 0 Å². The summed E-state index contributed by atoms with van der Waals surface area (Å²) in [4.78, 5) is 14.4. The van der Waals surface area contributed by atoms with Crippen LogP contribution in [0.15, 0.2) is 24.3 Å². The lowest BCUT2D eigenvalue weighted by molar-refractivity contribution is 0.0853. The standard InChI is InChI=1S/C15H18Cl4N2O/c16-12-7-5-11(6-8-12)13(22)20-14(15(17,18)19)21-9-3-1-2-4-10-21/h5-8,14H,1-4,9-10H2,(H,20,22)/t14-/m1/s1. The molecule has 22 heavy (non-hydrogen) atoms. The Morgan fingerprint density at radius 2 is 1.59 bits per heavy atom. The van der Waals surface area contributed by atoms with Crippen LogP contribution < -0.4 is 5.32 Å². The number of alkyl halides is 3. The summed E-state index contributed by atoms with van der Waals surface area (Å²) in [6.45, 7) is 1.61. The third-order valence-corrected chi connectivity index (χ3v) is 4.56. The van der Waals surface area contributed by atoms with Gasteiger partial charge in [0.2, 0.25) is 3.79 Å². The molecule has 1 fully saturated rings. The molecule has 122 valence electrons. The predicted octanol–water partition coefficient (Wildman–Crippen LogP) is 4.64. The third kappa shape index (κ3) is 5.17. The highest BCUT2D eigenvalue weighted by Crippen LogP contribution is 2.33. The zero-order valence-corrected chi connectivity index (χ0v) is 15.0. The Hall–Kier alpha value is -0.190. The van der Waals surface area contributed by atoms with E-state index in [1.807, 2.05) is 4.90 Å². The van der Waals surface area contributed by atoms with Crippen LogP contribution >= 0.6 is 46.4 Å². The molecule has 1 atom stereocenters. The fourth-order valence-electron chi connectivity index (χ4n) is 2.54. The summed E-state index contributed by atoms with van der Waals surface area (Å²) in [6, 6.07) is 6.62. The molecule has 0 saturated carbocycles. The molecule has 0 aromatic heterocycles. The smallest absolute Gasteiger partial charge is 0.252 e. The van der Waals surface area contributed by atoms with E-state index in [4.69, 9.17) is 46.4 Å². The number of nitrogens with one attached hydrogen (secondary N) is 1. The van der Waals surface area contributed by atoms with Gasteiger partial charge in [-0.3, -0.25) is 9.69 Å². The predicted molar refractivity (Wildman–Crippen MR) is 93.0 cm³/mol. The Kier molecular flexibility index (Phi) is 6.66. The summed E-state index contributed by atoms with van der Waals surface area (Å²) in [5, 5.41) is 3.41. The number of benzene rings is 1. The van der Waals surface area contributed by atoms with Gasteiger partial charge in [-0.15, -0.1) is 0 Å². The Morgan fingerprint density at radius 1 is 1.05 bits per heavy atom. The van der Waals surface area contributed by atoms with Gasteiger partial charge in [0, 0.05) is 23.7 Å². The van der Waals surface area contributed by atoms with Gasteiger partial charge in [0.25, 0.3) is 5.91 Å². The van der Waals surface area contributed by atoms with Gasteiger partial charge in [0.1, 0.15) is 6.17 Å². The quantitative estimate of drug-likeness (QED) is 0.771. The SMILES string of the molecule is O=C(N[C@H](N1CCCCCC1)C(Cl)(Cl)Cl)c1ccc(Cl)cc1. The van der Waals surface area contributed by atoms with E-state index in [1.54, 1.807) is 24.3 Å². The number of hydrogen-bond acceptors (Lipinski definition) is 2. The van der Waals surface area contributed by atoms with E-state index in [1.165, 1.54) is 0 Å². The minimum absolute atomic E-state index is 0.280. The Labute approximate surface area is 150 Å². The summed E-state index contributed by atoms with van der Waals surface area (Å²) in [5.74, 6) is -0.280. The minimum atomic E-state index is -1.59. The third-order valence-electron chi connectivity index (χ3n) is 3.69. The summed E-state index contributed by atoms with van der Waals surface area (Å²) in [6.07, 6.45) is 3.74. The van der Waals surface area contributed by atoms with Crippen molar-refractivity contribution in [1.29, 1.82) is 0 Å². The van der Waals surface area contributed by atoms with Crippen LogP contribution in [0.25, 0.3) is 0 Å². The first-order valence-electron chi connectivity index (χ1n) is 7.25. The number of halogens is 4. The van der Waals surface area contributed by atoms with Crippen molar-refractivity contribution in [2.75, 3.05) is 13.1 Å². The molecule has 1 aliphatic heterocycles. The largest absolute Gasteiger partial charge is 0.332 e. The number of amides is 1. The Morgan fingerprint density at radius 3 is 2.09 bits per heavy atom. The second-order valence-corrected chi connectivity index (χ2v) is 8.18. The normalized spacial score (nSPS) is 18.5. The maximum atomic E-state index is 12.4. The van der Waals surface area contributed by atoms with Crippen LogP contribution in [-0.2, 0) is 0 Å². The summed E-state index contributed by atoms with van der Waals surface area (Å²) >= 11 is 24.1. The van der Waals surface area contributed by atoms with E-state index in [-0.39, 0.29) is 5.91 Å². The average molecular weight is 384 g/mol. The van der Waals surface area contributed by atoms with Gasteiger partial charge in [-0.2, -0.15) is 0 Å². The molecule has 1 amide bonds. The second-order valence-electron chi connectivity index (χ2n) is 5.37. The van der Waals surface area contributed by atoms with E-state index in [2.05, 4.69) is 5.32 Å². The minimum Gasteiger partial charge on any atom is -0.332 e. The number of hydrogen-bond donors (Lipinski definition) is 1. The summed E-state index contributed by atoms with van der Waals surface area (Å²) < 4.78 is -1.59. The molecule has 3 nitrogen and oxygen atoms in total. The van der Waals surface area contributed by atoms with Gasteiger partial charge in [-0.25, -0.2) is 0 Å². The van der Waals surface area contributed by atoms with Crippen LogP contribution in [0.2, 0.25) is 5.02 Å². The van der Waals surface area contributed by atoms with Crippen molar-refractivity contribution in [3.8, 4) is 0 Å². The van der Waals surface area contributed by atoms with E-state index >= 15 is 0 Å². The monoisotopic (exact) mass is 382 g/mol. The zero-order chi connectivity index (χ0) is 16.2. The first-order valence-corrected chi connectivity index (χ1v) is 8.76.